The van der Waals surface area contributed by atoms with Gasteiger partial charge in [0, 0.05) is 39.1 Å². The lowest BCUT2D eigenvalue weighted by molar-refractivity contribution is 0.0732. The first-order chi connectivity index (χ1) is 14.6. The van der Waals surface area contributed by atoms with Crippen molar-refractivity contribution in [3.8, 4) is 11.6 Å². The second-order valence-corrected chi connectivity index (χ2v) is 7.71. The summed E-state index contributed by atoms with van der Waals surface area (Å²) in [7, 11) is 1.76. The van der Waals surface area contributed by atoms with E-state index >= 15 is 0 Å². The number of aromatic nitrogens is 1. The topological polar surface area (TPSA) is 67.8 Å². The quantitative estimate of drug-likeness (QED) is 0.449. The van der Waals surface area contributed by atoms with Crippen LogP contribution in [-0.2, 0) is 11.3 Å². The fourth-order valence-corrected chi connectivity index (χ4v) is 3.48. The van der Waals surface area contributed by atoms with E-state index in [0.29, 0.717) is 23.6 Å². The summed E-state index contributed by atoms with van der Waals surface area (Å²) in [5.41, 5.74) is 1.31. The van der Waals surface area contributed by atoms with Crippen molar-refractivity contribution in [2.75, 3.05) is 26.8 Å². The zero-order valence-corrected chi connectivity index (χ0v) is 17.8. The van der Waals surface area contributed by atoms with Crippen LogP contribution in [0.3, 0.4) is 0 Å². The molecule has 0 radical (unpaired) electrons. The van der Waals surface area contributed by atoms with Gasteiger partial charge >= 0.3 is 0 Å². The lowest BCUT2D eigenvalue weighted by Crippen LogP contribution is -2.46. The standard InChI is InChI=1S/C23H31FN4O2/c1-3-25-22(28-17-23(11-4-12-23)13-14-29-2)27-16-18-5-10-21(26-15-18)30-20-8-6-19(24)7-9-20/h5-10,15H,3-4,11-14,16-17H2,1-2H3,(H2,25,27,28). The van der Waals surface area contributed by atoms with Gasteiger partial charge in [0.2, 0.25) is 5.88 Å². The fourth-order valence-electron chi connectivity index (χ4n) is 3.48. The van der Waals surface area contributed by atoms with Gasteiger partial charge in [-0.2, -0.15) is 0 Å². The Morgan fingerprint density at radius 2 is 1.97 bits per heavy atom. The molecule has 0 saturated heterocycles. The number of nitrogens with zero attached hydrogens (tertiary/aromatic N) is 2. The van der Waals surface area contributed by atoms with Crippen molar-refractivity contribution >= 4 is 5.96 Å². The molecule has 3 rings (SSSR count). The van der Waals surface area contributed by atoms with Crippen LogP contribution in [-0.4, -0.2) is 37.7 Å². The van der Waals surface area contributed by atoms with E-state index < -0.39 is 0 Å². The summed E-state index contributed by atoms with van der Waals surface area (Å²) in [4.78, 5) is 9.01. The van der Waals surface area contributed by atoms with Gasteiger partial charge < -0.3 is 20.1 Å². The summed E-state index contributed by atoms with van der Waals surface area (Å²) in [5.74, 6) is 1.53. The molecule has 1 aliphatic carbocycles. The summed E-state index contributed by atoms with van der Waals surface area (Å²) in [5, 5.41) is 6.81. The maximum absolute atomic E-state index is 13.0. The molecule has 2 aromatic rings. The molecule has 0 spiro atoms. The Hall–Kier alpha value is -2.67. The van der Waals surface area contributed by atoms with Crippen LogP contribution in [0.5, 0.6) is 11.6 Å². The number of methoxy groups -OCH3 is 1. The summed E-state index contributed by atoms with van der Waals surface area (Å²) in [6.07, 6.45) is 6.59. The average molecular weight is 415 g/mol. The fraction of sp³-hybridized carbons (Fsp3) is 0.478. The molecule has 1 saturated carbocycles. The van der Waals surface area contributed by atoms with Gasteiger partial charge in [-0.3, -0.25) is 0 Å². The number of hydrogen-bond donors (Lipinski definition) is 2. The Morgan fingerprint density at radius 3 is 2.57 bits per heavy atom. The first-order valence-electron chi connectivity index (χ1n) is 10.5. The molecule has 1 aromatic heterocycles. The van der Waals surface area contributed by atoms with Gasteiger partial charge in [-0.15, -0.1) is 0 Å². The average Bonchev–Trinajstić information content (AvgIpc) is 2.73. The maximum atomic E-state index is 13.0. The van der Waals surface area contributed by atoms with Crippen molar-refractivity contribution in [3.05, 3.63) is 54.0 Å². The number of guanidine groups is 1. The minimum atomic E-state index is -0.296. The predicted octanol–water partition coefficient (Wildman–Crippen LogP) is 4.27. The normalized spacial score (nSPS) is 15.4. The molecular formula is C23H31FN4O2. The third-order valence-electron chi connectivity index (χ3n) is 5.48. The number of pyridine rings is 1. The molecular weight excluding hydrogens is 383 g/mol. The Bertz CT molecular complexity index is 805. The molecule has 1 aromatic carbocycles. The molecule has 162 valence electrons. The van der Waals surface area contributed by atoms with E-state index in [1.165, 1.54) is 31.4 Å². The highest BCUT2D eigenvalue weighted by atomic mass is 19.1. The summed E-state index contributed by atoms with van der Waals surface area (Å²) >= 11 is 0. The molecule has 30 heavy (non-hydrogen) atoms. The molecule has 7 heteroatoms. The van der Waals surface area contributed by atoms with Crippen molar-refractivity contribution in [2.45, 2.75) is 39.2 Å². The lowest BCUT2D eigenvalue weighted by Gasteiger charge is -2.42. The molecule has 2 N–H and O–H groups in total. The monoisotopic (exact) mass is 414 g/mol. The largest absolute Gasteiger partial charge is 0.439 e. The van der Waals surface area contributed by atoms with E-state index in [2.05, 4.69) is 27.5 Å². The first-order valence-corrected chi connectivity index (χ1v) is 10.5. The van der Waals surface area contributed by atoms with Gasteiger partial charge in [0.15, 0.2) is 5.96 Å². The van der Waals surface area contributed by atoms with E-state index in [1.54, 1.807) is 31.5 Å². The molecule has 6 nitrogen and oxygen atoms in total. The maximum Gasteiger partial charge on any atom is 0.219 e. The highest BCUT2D eigenvalue weighted by molar-refractivity contribution is 5.79. The molecule has 0 aliphatic heterocycles. The Kier molecular flexibility index (Phi) is 8.02. The number of halogens is 1. The minimum absolute atomic E-state index is 0.296. The number of hydrogen-bond acceptors (Lipinski definition) is 4. The van der Waals surface area contributed by atoms with Crippen molar-refractivity contribution < 1.29 is 13.9 Å². The Balaban J connectivity index is 1.54. The van der Waals surface area contributed by atoms with Crippen LogP contribution in [0.1, 0.15) is 38.2 Å². The van der Waals surface area contributed by atoms with Crippen molar-refractivity contribution in [1.82, 2.24) is 15.6 Å². The minimum Gasteiger partial charge on any atom is -0.439 e. The summed E-state index contributed by atoms with van der Waals surface area (Å²) in [6, 6.07) is 9.59. The van der Waals surface area contributed by atoms with E-state index in [0.717, 1.165) is 37.6 Å². The molecule has 1 fully saturated rings. The zero-order chi connectivity index (χ0) is 21.2. The smallest absolute Gasteiger partial charge is 0.219 e. The number of nitrogens with one attached hydrogen (secondary N) is 2. The van der Waals surface area contributed by atoms with Crippen LogP contribution in [0.25, 0.3) is 0 Å². The summed E-state index contributed by atoms with van der Waals surface area (Å²) in [6.45, 7) is 5.09. The van der Waals surface area contributed by atoms with Crippen LogP contribution in [0.4, 0.5) is 4.39 Å². The van der Waals surface area contributed by atoms with E-state index in [4.69, 9.17) is 9.47 Å². The van der Waals surface area contributed by atoms with Crippen LogP contribution in [0.15, 0.2) is 47.6 Å². The van der Waals surface area contributed by atoms with Crippen molar-refractivity contribution in [2.24, 2.45) is 10.4 Å². The second-order valence-electron chi connectivity index (χ2n) is 7.71. The van der Waals surface area contributed by atoms with Gasteiger partial charge in [0.1, 0.15) is 11.6 Å². The molecule has 0 unspecified atom stereocenters. The highest BCUT2D eigenvalue weighted by Gasteiger charge is 2.36. The van der Waals surface area contributed by atoms with Crippen molar-refractivity contribution in [1.29, 1.82) is 0 Å². The van der Waals surface area contributed by atoms with Crippen LogP contribution in [0.2, 0.25) is 0 Å². The van der Waals surface area contributed by atoms with Crippen LogP contribution >= 0.6 is 0 Å². The van der Waals surface area contributed by atoms with E-state index in [9.17, 15) is 4.39 Å². The van der Waals surface area contributed by atoms with Gasteiger partial charge in [0.05, 0.1) is 6.54 Å². The molecule has 1 heterocycles. The Morgan fingerprint density at radius 1 is 1.17 bits per heavy atom. The number of aliphatic imine (C=N–C) groups is 1. The molecule has 0 bridgehead atoms. The number of benzene rings is 1. The molecule has 1 aliphatic rings. The number of rotatable bonds is 10. The van der Waals surface area contributed by atoms with Crippen LogP contribution < -0.4 is 15.4 Å². The Labute approximate surface area is 177 Å². The molecule has 0 amide bonds. The van der Waals surface area contributed by atoms with Crippen LogP contribution in [0, 0.1) is 11.2 Å². The van der Waals surface area contributed by atoms with Gasteiger partial charge in [0.25, 0.3) is 0 Å². The predicted molar refractivity (Wildman–Crippen MR) is 116 cm³/mol. The molecule has 0 atom stereocenters. The number of ether oxygens (including phenoxy) is 2. The first kappa shape index (κ1) is 22.0. The van der Waals surface area contributed by atoms with Gasteiger partial charge in [-0.25, -0.2) is 14.4 Å². The van der Waals surface area contributed by atoms with Crippen molar-refractivity contribution in [3.63, 3.8) is 0 Å². The van der Waals surface area contributed by atoms with E-state index in [1.807, 2.05) is 6.07 Å². The van der Waals surface area contributed by atoms with Gasteiger partial charge in [-0.05, 0) is 61.4 Å². The lowest BCUT2D eigenvalue weighted by atomic mass is 9.67. The highest BCUT2D eigenvalue weighted by Crippen LogP contribution is 2.43. The zero-order valence-electron chi connectivity index (χ0n) is 17.8. The van der Waals surface area contributed by atoms with E-state index in [-0.39, 0.29) is 5.82 Å². The van der Waals surface area contributed by atoms with Gasteiger partial charge in [-0.1, -0.05) is 12.5 Å². The second kappa shape index (κ2) is 10.9. The third-order valence-corrected chi connectivity index (χ3v) is 5.48. The SMILES string of the molecule is CCNC(=NCc1ccc(Oc2ccc(F)cc2)nc1)NCC1(CCOC)CCC1. The third kappa shape index (κ3) is 6.42. The summed E-state index contributed by atoms with van der Waals surface area (Å²) < 4.78 is 23.9.